The molecule has 0 amide bonds. The highest BCUT2D eigenvalue weighted by molar-refractivity contribution is 7.80. The monoisotopic (exact) mass is 297 g/mol. The minimum absolute atomic E-state index is 0.378. The van der Waals surface area contributed by atoms with Crippen LogP contribution in [0, 0.1) is 6.92 Å². The lowest BCUT2D eigenvalue weighted by atomic mass is 10.2. The molecule has 2 aromatic rings. The van der Waals surface area contributed by atoms with E-state index in [-0.39, 0.29) is 0 Å². The standard InChI is InChI=1S/C12H12ClN3S2/c1-7-4-8(12(14)17)5-11(16-7)15-6-9-2-3-10(13)18-9/h2-5H,6H2,1H3,(H2,14,17)(H,15,16). The van der Waals surface area contributed by atoms with Crippen molar-refractivity contribution >= 4 is 46.0 Å². The van der Waals surface area contributed by atoms with Gasteiger partial charge in [-0.3, -0.25) is 0 Å². The molecule has 2 aromatic heterocycles. The predicted octanol–water partition coefficient (Wildman–Crippen LogP) is 3.35. The van der Waals surface area contributed by atoms with Gasteiger partial charge < -0.3 is 11.1 Å². The number of hydrogen-bond donors (Lipinski definition) is 2. The van der Waals surface area contributed by atoms with Gasteiger partial charge in [0.25, 0.3) is 0 Å². The lowest BCUT2D eigenvalue weighted by Crippen LogP contribution is -2.11. The fourth-order valence-corrected chi connectivity index (χ4v) is 2.67. The second-order valence-corrected chi connectivity index (χ2v) is 6.05. The quantitative estimate of drug-likeness (QED) is 0.850. The van der Waals surface area contributed by atoms with Crippen LogP contribution in [0.15, 0.2) is 24.3 Å². The van der Waals surface area contributed by atoms with Crippen LogP contribution < -0.4 is 11.1 Å². The molecule has 94 valence electrons. The van der Waals surface area contributed by atoms with Crippen molar-refractivity contribution in [3.05, 3.63) is 44.7 Å². The van der Waals surface area contributed by atoms with Crippen molar-refractivity contribution in [2.24, 2.45) is 5.73 Å². The maximum Gasteiger partial charge on any atom is 0.127 e. The summed E-state index contributed by atoms with van der Waals surface area (Å²) in [4.78, 5) is 5.91. The predicted molar refractivity (Wildman–Crippen MR) is 81.5 cm³/mol. The number of nitrogens with two attached hydrogens (primary N) is 1. The third-order valence-electron chi connectivity index (χ3n) is 2.31. The van der Waals surface area contributed by atoms with Gasteiger partial charge in [-0.25, -0.2) is 4.98 Å². The molecule has 0 saturated heterocycles. The van der Waals surface area contributed by atoms with Crippen LogP contribution in [0.25, 0.3) is 0 Å². The number of pyridine rings is 1. The zero-order valence-electron chi connectivity index (χ0n) is 9.74. The first-order chi connectivity index (χ1) is 8.54. The highest BCUT2D eigenvalue weighted by Gasteiger charge is 2.03. The van der Waals surface area contributed by atoms with Crippen LogP contribution in [0.5, 0.6) is 0 Å². The van der Waals surface area contributed by atoms with Crippen LogP contribution in [0.4, 0.5) is 5.82 Å². The average molecular weight is 298 g/mol. The molecule has 0 unspecified atom stereocenters. The van der Waals surface area contributed by atoms with Gasteiger partial charge in [0.1, 0.15) is 10.8 Å². The van der Waals surface area contributed by atoms with Crippen molar-refractivity contribution in [1.29, 1.82) is 0 Å². The molecular weight excluding hydrogens is 286 g/mol. The summed E-state index contributed by atoms with van der Waals surface area (Å²) in [5.74, 6) is 0.766. The van der Waals surface area contributed by atoms with Crippen molar-refractivity contribution in [3.63, 3.8) is 0 Å². The van der Waals surface area contributed by atoms with Crippen LogP contribution in [-0.2, 0) is 6.54 Å². The second-order valence-electron chi connectivity index (χ2n) is 3.81. The zero-order chi connectivity index (χ0) is 13.1. The lowest BCUT2D eigenvalue weighted by Gasteiger charge is -2.07. The Morgan fingerprint density at radius 1 is 1.50 bits per heavy atom. The normalized spacial score (nSPS) is 10.3. The van der Waals surface area contributed by atoms with Gasteiger partial charge in [0.05, 0.1) is 10.9 Å². The van der Waals surface area contributed by atoms with Crippen LogP contribution >= 0.6 is 35.2 Å². The lowest BCUT2D eigenvalue weighted by molar-refractivity contribution is 1.11. The van der Waals surface area contributed by atoms with E-state index in [1.165, 1.54) is 0 Å². The van der Waals surface area contributed by atoms with E-state index in [9.17, 15) is 0 Å². The van der Waals surface area contributed by atoms with E-state index >= 15 is 0 Å². The molecule has 0 aromatic carbocycles. The van der Waals surface area contributed by atoms with E-state index in [1.807, 2.05) is 31.2 Å². The Balaban J connectivity index is 2.11. The van der Waals surface area contributed by atoms with Gasteiger partial charge in [-0.15, -0.1) is 11.3 Å². The largest absolute Gasteiger partial charge is 0.389 e. The molecule has 0 fully saturated rings. The van der Waals surface area contributed by atoms with Gasteiger partial charge in [0.15, 0.2) is 0 Å². The summed E-state index contributed by atoms with van der Waals surface area (Å²) in [6.45, 7) is 2.60. The van der Waals surface area contributed by atoms with Crippen molar-refractivity contribution < 1.29 is 0 Å². The van der Waals surface area contributed by atoms with Crippen molar-refractivity contribution in [2.45, 2.75) is 13.5 Å². The number of rotatable bonds is 4. The summed E-state index contributed by atoms with van der Waals surface area (Å²) in [5.41, 5.74) is 7.33. The Morgan fingerprint density at radius 2 is 2.28 bits per heavy atom. The number of anilines is 1. The number of thiophene rings is 1. The topological polar surface area (TPSA) is 50.9 Å². The fraction of sp³-hybridized carbons (Fsp3) is 0.167. The number of aryl methyl sites for hydroxylation is 1. The van der Waals surface area contributed by atoms with Crippen LogP contribution in [0.1, 0.15) is 16.1 Å². The summed E-state index contributed by atoms with van der Waals surface area (Å²) in [6, 6.07) is 7.59. The number of nitrogens with zero attached hydrogens (tertiary/aromatic N) is 1. The molecule has 2 rings (SSSR count). The maximum absolute atomic E-state index is 5.88. The summed E-state index contributed by atoms with van der Waals surface area (Å²) in [5, 5.41) is 3.24. The molecular formula is C12H12ClN3S2. The van der Waals surface area contributed by atoms with Crippen LogP contribution in [-0.4, -0.2) is 9.97 Å². The maximum atomic E-state index is 5.88. The van der Waals surface area contributed by atoms with Crippen molar-refractivity contribution in [3.8, 4) is 0 Å². The molecule has 6 heteroatoms. The Hall–Kier alpha value is -1.17. The molecule has 0 atom stereocenters. The number of thiocarbonyl (C=S) groups is 1. The molecule has 18 heavy (non-hydrogen) atoms. The van der Waals surface area contributed by atoms with Crippen molar-refractivity contribution in [1.82, 2.24) is 4.98 Å². The summed E-state index contributed by atoms with van der Waals surface area (Å²) < 4.78 is 0.785. The van der Waals surface area contributed by atoms with E-state index in [1.54, 1.807) is 11.3 Å². The Labute approximate surface area is 120 Å². The van der Waals surface area contributed by atoms with Gasteiger partial charge in [-0.1, -0.05) is 23.8 Å². The Bertz CT molecular complexity index is 580. The number of hydrogen-bond acceptors (Lipinski definition) is 4. The molecule has 0 aliphatic rings. The van der Waals surface area contributed by atoms with Crippen LogP contribution in [0.3, 0.4) is 0 Å². The van der Waals surface area contributed by atoms with Gasteiger partial charge in [0.2, 0.25) is 0 Å². The summed E-state index contributed by atoms with van der Waals surface area (Å²) in [7, 11) is 0. The molecule has 3 N–H and O–H groups in total. The third-order valence-corrected chi connectivity index (χ3v) is 3.78. The molecule has 0 bridgehead atoms. The molecule has 0 spiro atoms. The highest BCUT2D eigenvalue weighted by atomic mass is 35.5. The summed E-state index contributed by atoms with van der Waals surface area (Å²) >= 11 is 12.4. The zero-order valence-corrected chi connectivity index (χ0v) is 12.1. The molecule has 0 saturated carbocycles. The highest BCUT2D eigenvalue weighted by Crippen LogP contribution is 2.22. The van der Waals surface area contributed by atoms with Gasteiger partial charge >= 0.3 is 0 Å². The smallest absolute Gasteiger partial charge is 0.127 e. The van der Waals surface area contributed by atoms with E-state index in [2.05, 4.69) is 10.3 Å². The second kappa shape index (κ2) is 5.65. The Morgan fingerprint density at radius 3 is 2.89 bits per heavy atom. The number of nitrogens with one attached hydrogen (secondary N) is 1. The van der Waals surface area contributed by atoms with E-state index in [0.717, 1.165) is 26.3 Å². The molecule has 2 heterocycles. The molecule has 0 radical (unpaired) electrons. The SMILES string of the molecule is Cc1cc(C(N)=S)cc(NCc2ccc(Cl)s2)n1. The Kier molecular flexibility index (Phi) is 4.16. The average Bonchev–Trinajstić information content (AvgIpc) is 2.72. The van der Waals surface area contributed by atoms with Gasteiger partial charge in [-0.05, 0) is 31.2 Å². The van der Waals surface area contributed by atoms with E-state index < -0.39 is 0 Å². The van der Waals surface area contributed by atoms with Crippen LogP contribution in [0.2, 0.25) is 4.34 Å². The van der Waals surface area contributed by atoms with Crippen molar-refractivity contribution in [2.75, 3.05) is 5.32 Å². The van der Waals surface area contributed by atoms with Gasteiger partial charge in [-0.2, -0.15) is 0 Å². The first-order valence-electron chi connectivity index (χ1n) is 5.31. The van der Waals surface area contributed by atoms with Gasteiger partial charge in [0, 0.05) is 16.1 Å². The molecule has 3 nitrogen and oxygen atoms in total. The van der Waals surface area contributed by atoms with E-state index in [4.69, 9.17) is 29.6 Å². The molecule has 0 aliphatic carbocycles. The minimum Gasteiger partial charge on any atom is -0.389 e. The first-order valence-corrected chi connectivity index (χ1v) is 6.91. The minimum atomic E-state index is 0.378. The fourth-order valence-electron chi connectivity index (χ4n) is 1.53. The van der Waals surface area contributed by atoms with E-state index in [0.29, 0.717) is 11.5 Å². The number of halogens is 1. The third kappa shape index (κ3) is 3.41. The summed E-state index contributed by atoms with van der Waals surface area (Å²) in [6.07, 6.45) is 0. The first kappa shape index (κ1) is 13.3. The number of aromatic nitrogens is 1. The molecule has 0 aliphatic heterocycles.